The molecule has 0 radical (unpaired) electrons. The molecular weight excluding hydrogens is 283 g/mol. The predicted octanol–water partition coefficient (Wildman–Crippen LogP) is 3.52. The van der Waals surface area contributed by atoms with Crippen molar-refractivity contribution in [2.24, 2.45) is 0 Å². The zero-order valence-electron chi connectivity index (χ0n) is 6.47. The molecule has 0 aliphatic carbocycles. The van der Waals surface area contributed by atoms with Crippen molar-refractivity contribution in [3.8, 4) is 5.06 Å². The number of fused-ring (bicyclic) bond motifs is 1. The summed E-state index contributed by atoms with van der Waals surface area (Å²) in [5.74, 6) is 0. The smallest absolute Gasteiger partial charge is 0.175 e. The van der Waals surface area contributed by atoms with Gasteiger partial charge in [0.2, 0.25) is 0 Å². The van der Waals surface area contributed by atoms with Crippen LogP contribution >= 0.6 is 33.9 Å². The van der Waals surface area contributed by atoms with E-state index in [1.807, 2.05) is 19.1 Å². The molecule has 0 saturated carbocycles. The van der Waals surface area contributed by atoms with E-state index >= 15 is 0 Å². The summed E-state index contributed by atoms with van der Waals surface area (Å²) in [4.78, 5) is 0. The van der Waals surface area contributed by atoms with E-state index < -0.39 is 0 Å². The van der Waals surface area contributed by atoms with Crippen molar-refractivity contribution in [3.05, 3.63) is 27.3 Å². The molecule has 1 aromatic carbocycles. The fourth-order valence-electron chi connectivity index (χ4n) is 1.24. The first-order valence-corrected chi connectivity index (χ1v) is 5.46. The first-order chi connectivity index (χ1) is 5.70. The highest BCUT2D eigenvalue weighted by atomic mass is 127. The Morgan fingerprint density at radius 1 is 1.42 bits per heavy atom. The Morgan fingerprint density at radius 2 is 2.17 bits per heavy atom. The number of hydrogen-bond donors (Lipinski definition) is 1. The van der Waals surface area contributed by atoms with Crippen LogP contribution in [0.2, 0.25) is 0 Å². The van der Waals surface area contributed by atoms with E-state index in [1.165, 1.54) is 20.3 Å². The maximum Gasteiger partial charge on any atom is 0.175 e. The van der Waals surface area contributed by atoms with Gasteiger partial charge >= 0.3 is 0 Å². The lowest BCUT2D eigenvalue weighted by Gasteiger charge is -1.93. The van der Waals surface area contributed by atoms with Crippen LogP contribution in [0.15, 0.2) is 18.2 Å². The highest BCUT2D eigenvalue weighted by Crippen LogP contribution is 2.37. The van der Waals surface area contributed by atoms with Gasteiger partial charge in [-0.2, -0.15) is 0 Å². The Hall–Kier alpha value is -0.290. The quantitative estimate of drug-likeness (QED) is 0.736. The minimum absolute atomic E-state index is 0.439. The van der Waals surface area contributed by atoms with Crippen molar-refractivity contribution in [1.29, 1.82) is 0 Å². The molecule has 0 aliphatic rings. The zero-order chi connectivity index (χ0) is 8.72. The van der Waals surface area contributed by atoms with E-state index in [2.05, 4.69) is 28.7 Å². The summed E-state index contributed by atoms with van der Waals surface area (Å²) in [6.45, 7) is 1.95. The summed E-state index contributed by atoms with van der Waals surface area (Å²) in [5.41, 5.74) is 1.00. The van der Waals surface area contributed by atoms with Gasteiger partial charge in [0.25, 0.3) is 0 Å². The normalized spacial score (nSPS) is 10.8. The van der Waals surface area contributed by atoms with E-state index in [0.29, 0.717) is 5.06 Å². The van der Waals surface area contributed by atoms with Gasteiger partial charge in [0, 0.05) is 19.2 Å². The third-order valence-electron chi connectivity index (χ3n) is 1.88. The number of rotatable bonds is 0. The maximum atomic E-state index is 9.48. The van der Waals surface area contributed by atoms with Crippen LogP contribution in [0.25, 0.3) is 10.1 Å². The minimum atomic E-state index is 0.439. The Labute approximate surface area is 88.2 Å². The van der Waals surface area contributed by atoms with Crippen molar-refractivity contribution in [2.75, 3.05) is 0 Å². The highest BCUT2D eigenvalue weighted by Gasteiger charge is 2.08. The second-order valence-corrected chi connectivity index (χ2v) is 4.84. The van der Waals surface area contributed by atoms with Gasteiger partial charge in [-0.25, -0.2) is 0 Å². The van der Waals surface area contributed by atoms with Crippen LogP contribution in [0.4, 0.5) is 0 Å². The molecule has 2 rings (SSSR count). The Kier molecular flexibility index (Phi) is 2.00. The average Bonchev–Trinajstić information content (AvgIpc) is 2.29. The van der Waals surface area contributed by atoms with Crippen molar-refractivity contribution in [1.82, 2.24) is 0 Å². The van der Waals surface area contributed by atoms with Crippen molar-refractivity contribution < 1.29 is 5.11 Å². The van der Waals surface area contributed by atoms with Gasteiger partial charge < -0.3 is 5.11 Å². The van der Waals surface area contributed by atoms with E-state index in [1.54, 1.807) is 0 Å². The van der Waals surface area contributed by atoms with Crippen LogP contribution in [0.1, 0.15) is 5.56 Å². The van der Waals surface area contributed by atoms with E-state index in [9.17, 15) is 5.11 Å². The summed E-state index contributed by atoms with van der Waals surface area (Å²) in [5, 5.41) is 11.1. The Bertz CT molecular complexity index is 433. The molecule has 1 aromatic heterocycles. The van der Waals surface area contributed by atoms with E-state index in [4.69, 9.17) is 0 Å². The molecule has 0 fully saturated rings. The van der Waals surface area contributed by atoms with Gasteiger partial charge in [0.1, 0.15) is 0 Å². The molecule has 0 atom stereocenters. The summed E-state index contributed by atoms with van der Waals surface area (Å²) in [6.07, 6.45) is 0. The summed E-state index contributed by atoms with van der Waals surface area (Å²) in [6, 6.07) is 6.11. The van der Waals surface area contributed by atoms with Crippen molar-refractivity contribution in [2.45, 2.75) is 6.92 Å². The molecule has 12 heavy (non-hydrogen) atoms. The number of halogens is 1. The number of aromatic hydroxyl groups is 1. The summed E-state index contributed by atoms with van der Waals surface area (Å²) >= 11 is 3.74. The first-order valence-electron chi connectivity index (χ1n) is 3.56. The number of aryl methyl sites for hydroxylation is 1. The standard InChI is InChI=1S/C9H7IOS/c1-5-8-6(10)3-2-4-7(8)12-9(5)11/h2-4,11H,1H3. The zero-order valence-corrected chi connectivity index (χ0v) is 9.44. The summed E-state index contributed by atoms with van der Waals surface area (Å²) in [7, 11) is 0. The molecule has 0 aliphatic heterocycles. The van der Waals surface area contributed by atoms with E-state index in [-0.39, 0.29) is 0 Å². The van der Waals surface area contributed by atoms with Gasteiger partial charge in [0.15, 0.2) is 5.06 Å². The highest BCUT2D eigenvalue weighted by molar-refractivity contribution is 14.1. The molecule has 3 heteroatoms. The largest absolute Gasteiger partial charge is 0.499 e. The van der Waals surface area contributed by atoms with Crippen LogP contribution in [0.3, 0.4) is 0 Å². The van der Waals surface area contributed by atoms with Gasteiger partial charge in [-0.3, -0.25) is 0 Å². The molecule has 0 amide bonds. The van der Waals surface area contributed by atoms with Crippen LogP contribution in [0, 0.1) is 10.5 Å². The lowest BCUT2D eigenvalue weighted by Crippen LogP contribution is -1.73. The lowest BCUT2D eigenvalue weighted by molar-refractivity contribution is 0.487. The van der Waals surface area contributed by atoms with Crippen LogP contribution in [0.5, 0.6) is 5.06 Å². The second kappa shape index (κ2) is 2.88. The van der Waals surface area contributed by atoms with Crippen LogP contribution in [-0.2, 0) is 0 Å². The Morgan fingerprint density at radius 3 is 2.83 bits per heavy atom. The van der Waals surface area contributed by atoms with Gasteiger partial charge in [-0.1, -0.05) is 17.4 Å². The predicted molar refractivity (Wildman–Crippen MR) is 60.9 cm³/mol. The number of hydrogen-bond acceptors (Lipinski definition) is 2. The average molecular weight is 290 g/mol. The molecular formula is C9H7IOS. The molecule has 0 spiro atoms. The molecule has 2 aromatic rings. The maximum absolute atomic E-state index is 9.48. The van der Waals surface area contributed by atoms with Crippen LogP contribution < -0.4 is 0 Å². The topological polar surface area (TPSA) is 20.2 Å². The number of thiophene rings is 1. The van der Waals surface area contributed by atoms with Crippen molar-refractivity contribution in [3.63, 3.8) is 0 Å². The fraction of sp³-hybridized carbons (Fsp3) is 0.111. The monoisotopic (exact) mass is 290 g/mol. The fourth-order valence-corrected chi connectivity index (χ4v) is 3.30. The third kappa shape index (κ3) is 1.11. The second-order valence-electron chi connectivity index (χ2n) is 2.65. The lowest BCUT2D eigenvalue weighted by atomic mass is 10.2. The molecule has 62 valence electrons. The molecule has 0 saturated heterocycles. The molecule has 0 bridgehead atoms. The van der Waals surface area contributed by atoms with Gasteiger partial charge in [-0.15, -0.1) is 0 Å². The molecule has 0 unspecified atom stereocenters. The molecule has 1 N–H and O–H groups in total. The van der Waals surface area contributed by atoms with Crippen molar-refractivity contribution >= 4 is 44.0 Å². The van der Waals surface area contributed by atoms with E-state index in [0.717, 1.165) is 10.3 Å². The molecule has 1 heterocycles. The third-order valence-corrected chi connectivity index (χ3v) is 3.84. The first kappa shape index (κ1) is 8.31. The SMILES string of the molecule is Cc1c(O)sc2cccc(I)c12. The Balaban J connectivity index is 2.97. The molecule has 1 nitrogen and oxygen atoms in total. The van der Waals surface area contributed by atoms with Gasteiger partial charge in [0.05, 0.1) is 0 Å². The number of benzene rings is 1. The summed E-state index contributed by atoms with van der Waals surface area (Å²) < 4.78 is 2.37. The van der Waals surface area contributed by atoms with Gasteiger partial charge in [-0.05, 0) is 41.6 Å². The van der Waals surface area contributed by atoms with Crippen LogP contribution in [-0.4, -0.2) is 5.11 Å². The minimum Gasteiger partial charge on any atom is -0.499 e.